The van der Waals surface area contributed by atoms with E-state index in [-0.39, 0.29) is 10.7 Å². The van der Waals surface area contributed by atoms with E-state index < -0.39 is 0 Å². The number of amides is 1. The second-order valence-corrected chi connectivity index (χ2v) is 6.11. The Kier molecular flexibility index (Phi) is 5.10. The van der Waals surface area contributed by atoms with Crippen LogP contribution in [0.4, 0.5) is 0 Å². The van der Waals surface area contributed by atoms with Crippen molar-refractivity contribution >= 4 is 21.8 Å². The van der Waals surface area contributed by atoms with E-state index in [1.165, 1.54) is 12.8 Å². The molecule has 0 radical (unpaired) electrons. The lowest BCUT2D eigenvalue weighted by atomic mass is 9.87. The summed E-state index contributed by atoms with van der Waals surface area (Å²) >= 11 is 3.44. The lowest BCUT2D eigenvalue weighted by molar-refractivity contribution is -0.122. The lowest BCUT2D eigenvalue weighted by Crippen LogP contribution is -2.42. The zero-order valence-electron chi connectivity index (χ0n) is 9.92. The number of hydrogen-bond acceptors (Lipinski definition) is 1. The van der Waals surface area contributed by atoms with Crippen molar-refractivity contribution < 1.29 is 4.79 Å². The molecule has 15 heavy (non-hydrogen) atoms. The van der Waals surface area contributed by atoms with Gasteiger partial charge in [0.1, 0.15) is 0 Å². The van der Waals surface area contributed by atoms with Gasteiger partial charge in [0.2, 0.25) is 5.91 Å². The molecule has 1 amide bonds. The number of alkyl halides is 1. The first kappa shape index (κ1) is 13.0. The van der Waals surface area contributed by atoms with Gasteiger partial charge in [-0.2, -0.15) is 0 Å². The minimum Gasteiger partial charge on any atom is -0.352 e. The van der Waals surface area contributed by atoms with Crippen LogP contribution in [-0.4, -0.2) is 16.8 Å². The maximum absolute atomic E-state index is 11.8. The highest BCUT2D eigenvalue weighted by Crippen LogP contribution is 2.24. The van der Waals surface area contributed by atoms with Crippen LogP contribution in [0.25, 0.3) is 0 Å². The highest BCUT2D eigenvalue weighted by Gasteiger charge is 2.24. The van der Waals surface area contributed by atoms with Crippen molar-refractivity contribution in [2.24, 2.45) is 11.8 Å². The zero-order valence-corrected chi connectivity index (χ0v) is 11.5. The number of carbonyl (C=O) groups is 1. The van der Waals surface area contributed by atoms with Gasteiger partial charge in [0.25, 0.3) is 0 Å². The van der Waals surface area contributed by atoms with E-state index in [4.69, 9.17) is 0 Å². The average Bonchev–Trinajstić information content (AvgIpc) is 2.16. The largest absolute Gasteiger partial charge is 0.352 e. The molecule has 2 nitrogen and oxygen atoms in total. The SMILES string of the molecule is CC1CCCC(NC(=O)C(Br)C(C)C)C1. The second kappa shape index (κ2) is 5.88. The molecule has 0 bridgehead atoms. The lowest BCUT2D eigenvalue weighted by Gasteiger charge is -2.28. The van der Waals surface area contributed by atoms with Gasteiger partial charge < -0.3 is 5.32 Å². The minimum atomic E-state index is -0.0465. The molecule has 0 aliphatic heterocycles. The Labute approximate surface area is 101 Å². The molecule has 1 aliphatic carbocycles. The van der Waals surface area contributed by atoms with Crippen molar-refractivity contribution in [3.63, 3.8) is 0 Å². The second-order valence-electron chi connectivity index (χ2n) is 5.12. The monoisotopic (exact) mass is 275 g/mol. The molecule has 88 valence electrons. The molecular formula is C12H22BrNO. The molecular weight excluding hydrogens is 254 g/mol. The first-order valence-corrected chi connectivity index (χ1v) is 6.86. The Hall–Kier alpha value is -0.0500. The van der Waals surface area contributed by atoms with Crippen LogP contribution >= 0.6 is 15.9 Å². The predicted octanol–water partition coefficient (Wildman–Crippen LogP) is 3.10. The molecule has 0 aromatic rings. The number of rotatable bonds is 3. The van der Waals surface area contributed by atoms with Crippen LogP contribution in [0.1, 0.15) is 46.5 Å². The predicted molar refractivity (Wildman–Crippen MR) is 67.1 cm³/mol. The first-order valence-electron chi connectivity index (χ1n) is 5.95. The summed E-state index contributed by atoms with van der Waals surface area (Å²) < 4.78 is 0. The summed E-state index contributed by atoms with van der Waals surface area (Å²) in [6.45, 7) is 6.39. The highest BCUT2D eigenvalue weighted by molar-refractivity contribution is 9.10. The first-order chi connectivity index (χ1) is 7.00. The summed E-state index contributed by atoms with van der Waals surface area (Å²) in [5.74, 6) is 1.27. The fraction of sp³-hybridized carbons (Fsp3) is 0.917. The van der Waals surface area contributed by atoms with Gasteiger partial charge in [-0.25, -0.2) is 0 Å². The summed E-state index contributed by atoms with van der Waals surface area (Å²) in [5.41, 5.74) is 0. The summed E-state index contributed by atoms with van der Waals surface area (Å²) in [6, 6.07) is 0.403. The number of carbonyl (C=O) groups excluding carboxylic acids is 1. The standard InChI is InChI=1S/C12H22BrNO/c1-8(2)11(13)12(15)14-10-6-4-5-9(3)7-10/h8-11H,4-7H2,1-3H3,(H,14,15). The van der Waals surface area contributed by atoms with Gasteiger partial charge in [0, 0.05) is 6.04 Å². The Bertz CT molecular complexity index is 218. The molecule has 3 unspecified atom stereocenters. The van der Waals surface area contributed by atoms with Crippen LogP contribution in [0.2, 0.25) is 0 Å². The van der Waals surface area contributed by atoms with Gasteiger partial charge in [-0.05, 0) is 24.7 Å². The minimum absolute atomic E-state index is 0.0465. The van der Waals surface area contributed by atoms with E-state index in [1.807, 2.05) is 0 Å². The third-order valence-corrected chi connectivity index (χ3v) is 4.59. The molecule has 3 atom stereocenters. The van der Waals surface area contributed by atoms with Gasteiger partial charge in [0.05, 0.1) is 4.83 Å². The molecule has 1 aliphatic rings. The Morgan fingerprint density at radius 1 is 1.40 bits per heavy atom. The van der Waals surface area contributed by atoms with E-state index in [2.05, 4.69) is 42.0 Å². The maximum Gasteiger partial charge on any atom is 0.234 e. The van der Waals surface area contributed by atoms with Gasteiger partial charge in [0.15, 0.2) is 0 Å². The number of nitrogens with one attached hydrogen (secondary N) is 1. The van der Waals surface area contributed by atoms with Crippen molar-refractivity contribution in [3.8, 4) is 0 Å². The Morgan fingerprint density at radius 2 is 2.07 bits per heavy atom. The van der Waals surface area contributed by atoms with Crippen LogP contribution in [0, 0.1) is 11.8 Å². The van der Waals surface area contributed by atoms with E-state index in [1.54, 1.807) is 0 Å². The van der Waals surface area contributed by atoms with Crippen molar-refractivity contribution in [1.82, 2.24) is 5.32 Å². The summed E-state index contributed by atoms with van der Waals surface area (Å²) in [6.07, 6.45) is 4.85. The van der Waals surface area contributed by atoms with Gasteiger partial charge >= 0.3 is 0 Å². The van der Waals surface area contributed by atoms with E-state index in [0.29, 0.717) is 12.0 Å². The van der Waals surface area contributed by atoms with Gasteiger partial charge in [-0.1, -0.05) is 49.5 Å². The quantitative estimate of drug-likeness (QED) is 0.788. The van der Waals surface area contributed by atoms with Crippen molar-refractivity contribution in [2.75, 3.05) is 0 Å². The van der Waals surface area contributed by atoms with E-state index in [0.717, 1.165) is 18.8 Å². The average molecular weight is 276 g/mol. The summed E-state index contributed by atoms with van der Waals surface area (Å²) in [7, 11) is 0. The third kappa shape index (κ3) is 4.13. The topological polar surface area (TPSA) is 29.1 Å². The Balaban J connectivity index is 2.37. The molecule has 1 rings (SSSR count). The zero-order chi connectivity index (χ0) is 11.4. The molecule has 0 heterocycles. The molecule has 3 heteroatoms. The van der Waals surface area contributed by atoms with Crippen molar-refractivity contribution in [3.05, 3.63) is 0 Å². The van der Waals surface area contributed by atoms with Crippen LogP contribution in [0.15, 0.2) is 0 Å². The highest BCUT2D eigenvalue weighted by atomic mass is 79.9. The number of hydrogen-bond donors (Lipinski definition) is 1. The van der Waals surface area contributed by atoms with Crippen LogP contribution in [-0.2, 0) is 4.79 Å². The fourth-order valence-corrected chi connectivity index (χ4v) is 2.28. The van der Waals surface area contributed by atoms with Gasteiger partial charge in [-0.3, -0.25) is 4.79 Å². The molecule has 0 aromatic carbocycles. The van der Waals surface area contributed by atoms with Crippen molar-refractivity contribution in [1.29, 1.82) is 0 Å². The van der Waals surface area contributed by atoms with Crippen LogP contribution in [0.5, 0.6) is 0 Å². The Morgan fingerprint density at radius 3 is 2.60 bits per heavy atom. The normalized spacial score (nSPS) is 28.9. The van der Waals surface area contributed by atoms with Crippen molar-refractivity contribution in [2.45, 2.75) is 57.3 Å². The molecule has 0 saturated heterocycles. The smallest absolute Gasteiger partial charge is 0.234 e. The van der Waals surface area contributed by atoms with E-state index in [9.17, 15) is 4.79 Å². The van der Waals surface area contributed by atoms with Crippen LogP contribution in [0.3, 0.4) is 0 Å². The molecule has 0 spiro atoms. The molecule has 1 N–H and O–H groups in total. The van der Waals surface area contributed by atoms with Gasteiger partial charge in [-0.15, -0.1) is 0 Å². The van der Waals surface area contributed by atoms with Crippen LogP contribution < -0.4 is 5.32 Å². The molecule has 1 saturated carbocycles. The van der Waals surface area contributed by atoms with E-state index >= 15 is 0 Å². The third-order valence-electron chi connectivity index (χ3n) is 3.12. The fourth-order valence-electron chi connectivity index (χ4n) is 2.15. The maximum atomic E-state index is 11.8. The number of halogens is 1. The summed E-state index contributed by atoms with van der Waals surface area (Å²) in [5, 5.41) is 3.14. The molecule has 0 aromatic heterocycles. The summed E-state index contributed by atoms with van der Waals surface area (Å²) in [4.78, 5) is 11.8. The molecule has 1 fully saturated rings.